The summed E-state index contributed by atoms with van der Waals surface area (Å²) >= 11 is 0. The van der Waals surface area contributed by atoms with E-state index in [0.29, 0.717) is 25.2 Å². The molecule has 0 saturated carbocycles. The summed E-state index contributed by atoms with van der Waals surface area (Å²) in [7, 11) is 0. The number of halogens is 1. The molecule has 0 aromatic heterocycles. The molecule has 110 valence electrons. The van der Waals surface area contributed by atoms with Crippen molar-refractivity contribution < 1.29 is 18.7 Å². The summed E-state index contributed by atoms with van der Waals surface area (Å²) in [4.78, 5) is 11.4. The maximum absolute atomic E-state index is 13.2. The molecule has 0 saturated heterocycles. The zero-order valence-electron chi connectivity index (χ0n) is 11.8. The van der Waals surface area contributed by atoms with Crippen molar-refractivity contribution >= 4 is 5.78 Å². The lowest BCUT2D eigenvalue weighted by Crippen LogP contribution is -2.07. The number of ketones is 1. The van der Waals surface area contributed by atoms with Crippen LogP contribution in [0.15, 0.2) is 48.5 Å². The monoisotopic (exact) mass is 288 g/mol. The maximum Gasteiger partial charge on any atom is 0.163 e. The number of para-hydroxylation sites is 1. The molecular formula is C17H17FO3. The van der Waals surface area contributed by atoms with Gasteiger partial charge in [0.2, 0.25) is 0 Å². The fraction of sp³-hybridized carbons (Fsp3) is 0.235. The number of Topliss-reactive ketones (excluding diaryl/α,β-unsaturated/α-hetero) is 1. The van der Waals surface area contributed by atoms with Gasteiger partial charge in [-0.1, -0.05) is 18.2 Å². The highest BCUT2D eigenvalue weighted by molar-refractivity contribution is 5.96. The smallest absolute Gasteiger partial charge is 0.163 e. The molecule has 0 aliphatic heterocycles. The number of benzene rings is 2. The van der Waals surface area contributed by atoms with Gasteiger partial charge in [0.05, 0.1) is 18.8 Å². The molecule has 0 spiro atoms. The Balaban J connectivity index is 1.81. The van der Waals surface area contributed by atoms with E-state index in [1.165, 1.54) is 25.1 Å². The average molecular weight is 288 g/mol. The second-order valence-electron chi connectivity index (χ2n) is 4.56. The fourth-order valence-corrected chi connectivity index (χ4v) is 1.85. The van der Waals surface area contributed by atoms with Crippen molar-refractivity contribution in [2.24, 2.45) is 0 Å². The normalized spacial score (nSPS) is 10.2. The number of carbonyl (C=O) groups is 1. The molecule has 0 heterocycles. The predicted molar refractivity (Wildman–Crippen MR) is 78.5 cm³/mol. The van der Waals surface area contributed by atoms with Crippen LogP contribution < -0.4 is 9.47 Å². The molecule has 0 aliphatic rings. The fourth-order valence-electron chi connectivity index (χ4n) is 1.85. The van der Waals surface area contributed by atoms with Crippen LogP contribution in [0.3, 0.4) is 0 Å². The SMILES string of the molecule is CC(=O)c1ccc(F)cc1OCCCOc1ccccc1. The molecule has 2 aromatic carbocycles. The molecule has 0 aliphatic carbocycles. The molecule has 0 unspecified atom stereocenters. The van der Waals surface area contributed by atoms with Crippen molar-refractivity contribution in [2.45, 2.75) is 13.3 Å². The topological polar surface area (TPSA) is 35.5 Å². The van der Waals surface area contributed by atoms with E-state index < -0.39 is 5.82 Å². The van der Waals surface area contributed by atoms with Crippen LogP contribution in [0.2, 0.25) is 0 Å². The summed E-state index contributed by atoms with van der Waals surface area (Å²) < 4.78 is 24.2. The second-order valence-corrected chi connectivity index (χ2v) is 4.56. The van der Waals surface area contributed by atoms with E-state index in [0.717, 1.165) is 5.75 Å². The van der Waals surface area contributed by atoms with E-state index >= 15 is 0 Å². The van der Waals surface area contributed by atoms with Crippen LogP contribution >= 0.6 is 0 Å². The third kappa shape index (κ3) is 4.60. The maximum atomic E-state index is 13.2. The summed E-state index contributed by atoms with van der Waals surface area (Å²) in [6.45, 7) is 2.28. The Labute approximate surface area is 123 Å². The number of hydrogen-bond acceptors (Lipinski definition) is 3. The Morgan fingerprint density at radius 2 is 1.76 bits per heavy atom. The van der Waals surface area contributed by atoms with Crippen LogP contribution in [0, 0.1) is 5.82 Å². The van der Waals surface area contributed by atoms with Gasteiger partial charge < -0.3 is 9.47 Å². The van der Waals surface area contributed by atoms with Crippen LogP contribution in [-0.4, -0.2) is 19.0 Å². The Bertz CT molecular complexity index is 596. The number of rotatable bonds is 7. The van der Waals surface area contributed by atoms with Crippen LogP contribution in [0.5, 0.6) is 11.5 Å². The molecule has 0 atom stereocenters. The zero-order chi connectivity index (χ0) is 15.1. The Kier molecular flexibility index (Phi) is 5.32. The zero-order valence-corrected chi connectivity index (χ0v) is 11.8. The van der Waals surface area contributed by atoms with Crippen molar-refractivity contribution in [3.63, 3.8) is 0 Å². The van der Waals surface area contributed by atoms with Crippen LogP contribution in [0.1, 0.15) is 23.7 Å². The summed E-state index contributed by atoms with van der Waals surface area (Å²) in [6.07, 6.45) is 0.642. The summed E-state index contributed by atoms with van der Waals surface area (Å²) in [5, 5.41) is 0. The predicted octanol–water partition coefficient (Wildman–Crippen LogP) is 3.88. The lowest BCUT2D eigenvalue weighted by atomic mass is 10.1. The first-order chi connectivity index (χ1) is 10.2. The Morgan fingerprint density at radius 3 is 2.48 bits per heavy atom. The van der Waals surface area contributed by atoms with E-state index in [1.54, 1.807) is 0 Å². The van der Waals surface area contributed by atoms with Crippen molar-refractivity contribution in [1.82, 2.24) is 0 Å². The molecule has 21 heavy (non-hydrogen) atoms. The molecular weight excluding hydrogens is 271 g/mol. The molecule has 0 fully saturated rings. The van der Waals surface area contributed by atoms with Crippen LogP contribution in [0.25, 0.3) is 0 Å². The van der Waals surface area contributed by atoms with Crippen LogP contribution in [-0.2, 0) is 0 Å². The first kappa shape index (κ1) is 15.0. The van der Waals surface area contributed by atoms with Crippen molar-refractivity contribution in [1.29, 1.82) is 0 Å². The van der Waals surface area contributed by atoms with Gasteiger partial charge in [-0.25, -0.2) is 4.39 Å². The summed E-state index contributed by atoms with van der Waals surface area (Å²) in [5.41, 5.74) is 0.389. The third-order valence-electron chi connectivity index (χ3n) is 2.88. The van der Waals surface area contributed by atoms with E-state index in [1.807, 2.05) is 30.3 Å². The molecule has 2 rings (SSSR count). The van der Waals surface area contributed by atoms with Crippen molar-refractivity contribution in [3.8, 4) is 11.5 Å². The molecule has 0 radical (unpaired) electrons. The first-order valence-electron chi connectivity index (χ1n) is 6.78. The van der Waals surface area contributed by atoms with Gasteiger partial charge in [0.15, 0.2) is 5.78 Å². The minimum atomic E-state index is -0.421. The minimum absolute atomic E-state index is 0.148. The van der Waals surface area contributed by atoms with E-state index in [-0.39, 0.29) is 11.5 Å². The number of carbonyl (C=O) groups excluding carboxylic acids is 1. The highest BCUT2D eigenvalue weighted by atomic mass is 19.1. The molecule has 3 nitrogen and oxygen atoms in total. The van der Waals surface area contributed by atoms with E-state index in [9.17, 15) is 9.18 Å². The van der Waals surface area contributed by atoms with Crippen LogP contribution in [0.4, 0.5) is 4.39 Å². The molecule has 0 amide bonds. The third-order valence-corrected chi connectivity index (χ3v) is 2.88. The average Bonchev–Trinajstić information content (AvgIpc) is 2.48. The quantitative estimate of drug-likeness (QED) is 0.573. The largest absolute Gasteiger partial charge is 0.493 e. The minimum Gasteiger partial charge on any atom is -0.493 e. The van der Waals surface area contributed by atoms with Crippen molar-refractivity contribution in [2.75, 3.05) is 13.2 Å². The summed E-state index contributed by atoms with van der Waals surface area (Å²) in [6, 6.07) is 13.4. The lowest BCUT2D eigenvalue weighted by molar-refractivity contribution is 0.101. The van der Waals surface area contributed by atoms with Crippen molar-refractivity contribution in [3.05, 3.63) is 59.9 Å². The summed E-state index contributed by atoms with van der Waals surface area (Å²) in [5.74, 6) is 0.510. The van der Waals surface area contributed by atoms with Gasteiger partial charge >= 0.3 is 0 Å². The van der Waals surface area contributed by atoms with Gasteiger partial charge in [-0.15, -0.1) is 0 Å². The molecule has 4 heteroatoms. The first-order valence-corrected chi connectivity index (χ1v) is 6.78. The second kappa shape index (κ2) is 7.43. The molecule has 2 aromatic rings. The highest BCUT2D eigenvalue weighted by Crippen LogP contribution is 2.20. The van der Waals surface area contributed by atoms with Gasteiger partial charge in [0, 0.05) is 12.5 Å². The van der Waals surface area contributed by atoms with Gasteiger partial charge in [-0.3, -0.25) is 4.79 Å². The Hall–Kier alpha value is -2.36. The number of hydrogen-bond donors (Lipinski definition) is 0. The van der Waals surface area contributed by atoms with E-state index in [2.05, 4.69) is 0 Å². The Morgan fingerprint density at radius 1 is 1.05 bits per heavy atom. The van der Waals surface area contributed by atoms with Gasteiger partial charge in [0.25, 0.3) is 0 Å². The highest BCUT2D eigenvalue weighted by Gasteiger charge is 2.09. The number of ether oxygens (including phenoxy) is 2. The van der Waals surface area contributed by atoms with Gasteiger partial charge in [-0.2, -0.15) is 0 Å². The molecule has 0 bridgehead atoms. The lowest BCUT2D eigenvalue weighted by Gasteiger charge is -2.10. The van der Waals surface area contributed by atoms with Gasteiger partial charge in [-0.05, 0) is 31.2 Å². The standard InChI is InChI=1S/C17H17FO3/c1-13(19)16-9-8-14(18)12-17(16)21-11-5-10-20-15-6-3-2-4-7-15/h2-4,6-9,12H,5,10-11H2,1H3. The van der Waals surface area contributed by atoms with E-state index in [4.69, 9.17) is 9.47 Å². The van der Waals surface area contributed by atoms with Gasteiger partial charge in [0.1, 0.15) is 17.3 Å². The molecule has 0 N–H and O–H groups in total.